The molecule has 0 unspecified atom stereocenters. The molecule has 6 aromatic rings. The van der Waals surface area contributed by atoms with Crippen molar-refractivity contribution in [2.45, 2.75) is 18.9 Å². The van der Waals surface area contributed by atoms with Crippen LogP contribution in [0, 0.1) is 0 Å². The highest BCUT2D eigenvalue weighted by Gasteiger charge is 2.25. The Kier molecular flexibility index (Phi) is 4.81. The van der Waals surface area contributed by atoms with E-state index in [4.69, 9.17) is 9.97 Å². The van der Waals surface area contributed by atoms with Crippen molar-refractivity contribution in [2.75, 3.05) is 13.1 Å². The largest absolute Gasteiger partial charge is 0.317 e. The van der Waals surface area contributed by atoms with E-state index in [1.165, 1.54) is 10.8 Å². The zero-order valence-corrected chi connectivity index (χ0v) is 19.4. The predicted octanol–water partition coefficient (Wildman–Crippen LogP) is 6.39. The molecule has 1 N–H and O–H groups in total. The summed E-state index contributed by atoms with van der Waals surface area (Å²) in [5.41, 5.74) is 6.29. The van der Waals surface area contributed by atoms with Crippen LogP contribution in [0.25, 0.3) is 55.4 Å². The molecule has 0 saturated carbocycles. The summed E-state index contributed by atoms with van der Waals surface area (Å²) >= 11 is 0. The van der Waals surface area contributed by atoms with Crippen LogP contribution in [0.3, 0.4) is 0 Å². The molecule has 4 heterocycles. The standard InChI is InChI=1S/C30H25N5/c1-2-6-21-19-22(11-10-20(21)5-1)24-14-18-33-30-28(24)34-29(35(30)23-12-16-31-17-13-23)26-7-3-9-27-25(26)8-4-15-32-27/h1-11,14-15,18-19,23,31H,12-13,16-17H2. The molecule has 1 fully saturated rings. The van der Waals surface area contributed by atoms with Crippen LogP contribution < -0.4 is 5.32 Å². The maximum atomic E-state index is 5.32. The van der Waals surface area contributed by atoms with Gasteiger partial charge in [-0.25, -0.2) is 9.97 Å². The fourth-order valence-corrected chi connectivity index (χ4v) is 5.48. The average Bonchev–Trinajstić information content (AvgIpc) is 3.32. The zero-order valence-electron chi connectivity index (χ0n) is 19.4. The number of pyridine rings is 2. The summed E-state index contributed by atoms with van der Waals surface area (Å²) < 4.78 is 2.39. The van der Waals surface area contributed by atoms with Crippen molar-refractivity contribution in [3.8, 4) is 22.5 Å². The summed E-state index contributed by atoms with van der Waals surface area (Å²) in [4.78, 5) is 14.8. The molecular formula is C30H25N5. The van der Waals surface area contributed by atoms with Gasteiger partial charge in [-0.1, -0.05) is 54.6 Å². The molecule has 0 aliphatic carbocycles. The number of aromatic nitrogens is 4. The van der Waals surface area contributed by atoms with Crippen LogP contribution >= 0.6 is 0 Å². The topological polar surface area (TPSA) is 55.6 Å². The van der Waals surface area contributed by atoms with Gasteiger partial charge in [0.25, 0.3) is 0 Å². The van der Waals surface area contributed by atoms with E-state index in [0.717, 1.165) is 70.5 Å². The maximum Gasteiger partial charge on any atom is 0.161 e. The van der Waals surface area contributed by atoms with Crippen molar-refractivity contribution < 1.29 is 0 Å². The molecule has 0 spiro atoms. The van der Waals surface area contributed by atoms with Gasteiger partial charge in [-0.15, -0.1) is 0 Å². The van der Waals surface area contributed by atoms with E-state index < -0.39 is 0 Å². The van der Waals surface area contributed by atoms with Gasteiger partial charge in [-0.05, 0) is 66.5 Å². The monoisotopic (exact) mass is 455 g/mol. The molecule has 0 amide bonds. The van der Waals surface area contributed by atoms with Crippen molar-refractivity contribution >= 4 is 32.8 Å². The number of piperidine rings is 1. The van der Waals surface area contributed by atoms with E-state index in [2.05, 4.69) is 87.7 Å². The minimum Gasteiger partial charge on any atom is -0.317 e. The summed E-state index contributed by atoms with van der Waals surface area (Å²) in [6.07, 6.45) is 5.90. The predicted molar refractivity (Wildman–Crippen MR) is 142 cm³/mol. The van der Waals surface area contributed by atoms with Gasteiger partial charge in [0.2, 0.25) is 0 Å². The first-order valence-corrected chi connectivity index (χ1v) is 12.3. The van der Waals surface area contributed by atoms with Gasteiger partial charge in [0.1, 0.15) is 11.3 Å². The first-order chi connectivity index (χ1) is 17.4. The van der Waals surface area contributed by atoms with Gasteiger partial charge >= 0.3 is 0 Å². The van der Waals surface area contributed by atoms with Crippen molar-refractivity contribution in [2.24, 2.45) is 0 Å². The fraction of sp³-hybridized carbons (Fsp3) is 0.167. The Morgan fingerprint density at radius 2 is 1.63 bits per heavy atom. The molecule has 0 atom stereocenters. The highest BCUT2D eigenvalue weighted by molar-refractivity contribution is 5.98. The molecule has 3 aromatic heterocycles. The van der Waals surface area contributed by atoms with Crippen LogP contribution in [-0.2, 0) is 0 Å². The summed E-state index contributed by atoms with van der Waals surface area (Å²) in [5, 5.41) is 7.09. The van der Waals surface area contributed by atoms with E-state index in [-0.39, 0.29) is 0 Å². The summed E-state index contributed by atoms with van der Waals surface area (Å²) in [7, 11) is 0. The van der Waals surface area contributed by atoms with Crippen LogP contribution in [0.1, 0.15) is 18.9 Å². The van der Waals surface area contributed by atoms with Gasteiger partial charge < -0.3 is 9.88 Å². The van der Waals surface area contributed by atoms with Crippen LogP contribution in [0.4, 0.5) is 0 Å². The maximum absolute atomic E-state index is 5.32. The molecule has 1 aliphatic rings. The molecule has 1 saturated heterocycles. The summed E-state index contributed by atoms with van der Waals surface area (Å²) in [6, 6.07) is 28.0. The van der Waals surface area contributed by atoms with Gasteiger partial charge in [0, 0.05) is 34.9 Å². The lowest BCUT2D eigenvalue weighted by atomic mass is 10.0. The molecule has 0 radical (unpaired) electrons. The van der Waals surface area contributed by atoms with Crippen LogP contribution in [0.5, 0.6) is 0 Å². The number of imidazole rings is 1. The Hall–Kier alpha value is -4.09. The minimum atomic E-state index is 0.350. The van der Waals surface area contributed by atoms with E-state index in [1.807, 2.05) is 18.5 Å². The number of nitrogens with zero attached hydrogens (tertiary/aromatic N) is 4. The molecular weight excluding hydrogens is 430 g/mol. The summed E-state index contributed by atoms with van der Waals surface area (Å²) in [5.74, 6) is 0.978. The molecule has 7 rings (SSSR count). The Bertz CT molecular complexity index is 1690. The van der Waals surface area contributed by atoms with E-state index in [1.54, 1.807) is 0 Å². The second-order valence-corrected chi connectivity index (χ2v) is 9.25. The Balaban J connectivity index is 1.51. The van der Waals surface area contributed by atoms with Crippen molar-refractivity contribution in [3.63, 3.8) is 0 Å². The lowest BCUT2D eigenvalue weighted by Gasteiger charge is -2.26. The number of hydrogen-bond donors (Lipinski definition) is 1. The number of benzene rings is 3. The van der Waals surface area contributed by atoms with E-state index in [9.17, 15) is 0 Å². The highest BCUT2D eigenvalue weighted by atomic mass is 15.2. The second-order valence-electron chi connectivity index (χ2n) is 9.25. The van der Waals surface area contributed by atoms with Crippen LogP contribution in [0.15, 0.2) is 91.3 Å². The quantitative estimate of drug-likeness (QED) is 0.336. The van der Waals surface area contributed by atoms with Crippen molar-refractivity contribution in [3.05, 3.63) is 91.3 Å². The average molecular weight is 456 g/mol. The zero-order chi connectivity index (χ0) is 23.2. The first kappa shape index (κ1) is 20.3. The third-order valence-electron chi connectivity index (χ3n) is 7.20. The molecule has 5 nitrogen and oxygen atoms in total. The summed E-state index contributed by atoms with van der Waals surface area (Å²) in [6.45, 7) is 2.01. The number of nitrogens with one attached hydrogen (secondary N) is 1. The normalized spacial score (nSPS) is 14.7. The lowest BCUT2D eigenvalue weighted by molar-refractivity contribution is 0.376. The van der Waals surface area contributed by atoms with E-state index >= 15 is 0 Å². The fourth-order valence-electron chi connectivity index (χ4n) is 5.48. The van der Waals surface area contributed by atoms with Crippen LogP contribution in [0.2, 0.25) is 0 Å². The van der Waals surface area contributed by atoms with Crippen molar-refractivity contribution in [1.82, 2.24) is 24.8 Å². The SMILES string of the molecule is c1ccc2cc(-c3ccnc4c3nc(-c3cccc5ncccc35)n4C3CCNCC3)ccc2c1. The first-order valence-electron chi connectivity index (χ1n) is 12.3. The second kappa shape index (κ2) is 8.29. The Morgan fingerprint density at radius 1 is 0.743 bits per heavy atom. The smallest absolute Gasteiger partial charge is 0.161 e. The van der Waals surface area contributed by atoms with Crippen molar-refractivity contribution in [1.29, 1.82) is 0 Å². The number of fused-ring (bicyclic) bond motifs is 3. The van der Waals surface area contributed by atoms with E-state index in [0.29, 0.717) is 6.04 Å². The third-order valence-corrected chi connectivity index (χ3v) is 7.20. The van der Waals surface area contributed by atoms with Gasteiger partial charge in [-0.2, -0.15) is 0 Å². The van der Waals surface area contributed by atoms with Gasteiger partial charge in [0.15, 0.2) is 5.65 Å². The molecule has 3 aromatic carbocycles. The minimum absolute atomic E-state index is 0.350. The molecule has 170 valence electrons. The van der Waals surface area contributed by atoms with Gasteiger partial charge in [0.05, 0.1) is 5.52 Å². The third kappa shape index (κ3) is 3.39. The molecule has 1 aliphatic heterocycles. The highest BCUT2D eigenvalue weighted by Crippen LogP contribution is 2.37. The molecule has 35 heavy (non-hydrogen) atoms. The molecule has 5 heteroatoms. The Labute approximate surface area is 203 Å². The van der Waals surface area contributed by atoms with Gasteiger partial charge in [-0.3, -0.25) is 4.98 Å². The number of hydrogen-bond acceptors (Lipinski definition) is 4. The Morgan fingerprint density at radius 3 is 2.54 bits per heavy atom. The molecule has 0 bridgehead atoms. The lowest BCUT2D eigenvalue weighted by Crippen LogP contribution is -2.29. The van der Waals surface area contributed by atoms with Crippen LogP contribution in [-0.4, -0.2) is 32.6 Å². The number of rotatable bonds is 3.